The molecule has 0 aliphatic heterocycles. The maximum Gasteiger partial charge on any atom is 0.278 e. The monoisotopic (exact) mass is 171 g/mol. The Balaban J connectivity index is 3.83. The molecule has 0 aromatic rings. The molecule has 0 aromatic heterocycles. The van der Waals surface area contributed by atoms with Gasteiger partial charge in [-0.2, -0.15) is 0 Å². The zero-order valence-corrected chi connectivity index (χ0v) is 6.12. The minimum absolute atomic E-state index is 0.0420. The minimum atomic E-state index is -3.41. The lowest BCUT2D eigenvalue weighted by molar-refractivity contribution is -0.0817. The smallest absolute Gasteiger partial charge is 0.251 e. The molecule has 1 radical (unpaired) electrons. The zero-order valence-electron chi connectivity index (χ0n) is 6.12. The summed E-state index contributed by atoms with van der Waals surface area (Å²) in [6, 6.07) is 0. The molecule has 0 N–H and O–H groups in total. The Morgan fingerprint density at radius 1 is 1.36 bits per heavy atom. The third-order valence-electron chi connectivity index (χ3n) is 1.33. The molecule has 0 bridgehead atoms. The molecule has 0 unspecified atom stereocenters. The van der Waals surface area contributed by atoms with E-state index in [1.807, 2.05) is 0 Å². The van der Waals surface area contributed by atoms with E-state index in [4.69, 9.17) is 0 Å². The maximum atomic E-state index is 12.4. The average Bonchev–Trinajstić information content (AvgIpc) is 1.88. The van der Waals surface area contributed by atoms with Gasteiger partial charge in [0.15, 0.2) is 6.17 Å². The van der Waals surface area contributed by atoms with Gasteiger partial charge in [0.2, 0.25) is 0 Å². The van der Waals surface area contributed by atoms with Gasteiger partial charge < -0.3 is 0 Å². The third-order valence-corrected chi connectivity index (χ3v) is 1.33. The van der Waals surface area contributed by atoms with Crippen LogP contribution in [0, 0.1) is 6.92 Å². The van der Waals surface area contributed by atoms with Crippen LogP contribution in [0.4, 0.5) is 17.6 Å². The molecule has 0 aliphatic carbocycles. The van der Waals surface area contributed by atoms with E-state index in [9.17, 15) is 17.6 Å². The molecule has 0 spiro atoms. The van der Waals surface area contributed by atoms with E-state index in [1.54, 1.807) is 0 Å². The lowest BCUT2D eigenvalue weighted by Gasteiger charge is -2.18. The maximum absolute atomic E-state index is 12.4. The summed E-state index contributed by atoms with van der Waals surface area (Å²) < 4.78 is 48.6. The summed E-state index contributed by atoms with van der Waals surface area (Å²) in [4.78, 5) is 0. The molecule has 0 amide bonds. The Morgan fingerprint density at radius 2 is 1.91 bits per heavy atom. The molecule has 0 saturated heterocycles. The van der Waals surface area contributed by atoms with Gasteiger partial charge in [-0.3, -0.25) is 4.39 Å². The quantitative estimate of drug-likeness (QED) is 0.558. The normalized spacial score (nSPS) is 15.0. The Hall–Kier alpha value is -0.280. The molecule has 4 heteroatoms. The Kier molecular flexibility index (Phi) is 4.45. The highest BCUT2D eigenvalue weighted by Gasteiger charge is 2.38. The SMILES string of the molecule is [CH2]CCC(F)(F)[C@@H](F)CCF. The lowest BCUT2D eigenvalue weighted by atomic mass is 10.1. The predicted octanol–water partition coefficient (Wildman–Crippen LogP) is 2.93. The van der Waals surface area contributed by atoms with Crippen LogP contribution in [0.15, 0.2) is 0 Å². The van der Waals surface area contributed by atoms with E-state index >= 15 is 0 Å². The van der Waals surface area contributed by atoms with Crippen LogP contribution >= 0.6 is 0 Å². The van der Waals surface area contributed by atoms with Crippen molar-refractivity contribution in [2.45, 2.75) is 31.4 Å². The first-order chi connectivity index (χ1) is 5.04. The van der Waals surface area contributed by atoms with Crippen molar-refractivity contribution in [2.75, 3.05) is 6.67 Å². The zero-order chi connectivity index (χ0) is 8.91. The van der Waals surface area contributed by atoms with Gasteiger partial charge in [0.25, 0.3) is 5.92 Å². The largest absolute Gasteiger partial charge is 0.278 e. The first-order valence-corrected chi connectivity index (χ1v) is 3.41. The van der Waals surface area contributed by atoms with Gasteiger partial charge in [-0.05, 0) is 6.42 Å². The van der Waals surface area contributed by atoms with Crippen LogP contribution in [0.1, 0.15) is 19.3 Å². The molecule has 0 aliphatic rings. The molecular weight excluding hydrogens is 160 g/mol. The summed E-state index contributed by atoms with van der Waals surface area (Å²) in [6.07, 6.45) is -3.75. The van der Waals surface area contributed by atoms with Crippen LogP contribution in [-0.2, 0) is 0 Å². The van der Waals surface area contributed by atoms with Gasteiger partial charge in [-0.25, -0.2) is 13.2 Å². The van der Waals surface area contributed by atoms with E-state index in [-0.39, 0.29) is 6.42 Å². The molecule has 0 saturated carbocycles. The van der Waals surface area contributed by atoms with Crippen molar-refractivity contribution in [3.63, 3.8) is 0 Å². The molecular formula is C7H11F4. The summed E-state index contributed by atoms with van der Waals surface area (Å²) in [5, 5.41) is 0. The van der Waals surface area contributed by atoms with Gasteiger partial charge in [-0.15, -0.1) is 0 Å². The number of rotatable bonds is 5. The fraction of sp³-hybridized carbons (Fsp3) is 0.857. The molecule has 11 heavy (non-hydrogen) atoms. The van der Waals surface area contributed by atoms with Crippen molar-refractivity contribution in [1.82, 2.24) is 0 Å². The number of halogens is 4. The average molecular weight is 171 g/mol. The summed E-state index contributed by atoms with van der Waals surface area (Å²) >= 11 is 0. The van der Waals surface area contributed by atoms with E-state index in [0.717, 1.165) is 0 Å². The van der Waals surface area contributed by atoms with E-state index < -0.39 is 31.6 Å². The van der Waals surface area contributed by atoms with Gasteiger partial charge in [0, 0.05) is 12.8 Å². The highest BCUT2D eigenvalue weighted by Crippen LogP contribution is 2.28. The molecule has 0 heterocycles. The molecule has 67 valence electrons. The minimum Gasteiger partial charge on any atom is -0.251 e. The van der Waals surface area contributed by atoms with Crippen LogP contribution in [0.3, 0.4) is 0 Å². The standard InChI is InChI=1S/C7H11F4/c1-2-4-7(10,11)6(9)3-5-8/h6H,1-5H2/t6-/m0/s1. The number of alkyl halides is 4. The van der Waals surface area contributed by atoms with Crippen molar-refractivity contribution in [1.29, 1.82) is 0 Å². The third kappa shape index (κ3) is 3.58. The van der Waals surface area contributed by atoms with E-state index in [1.165, 1.54) is 0 Å². The first-order valence-electron chi connectivity index (χ1n) is 3.41. The van der Waals surface area contributed by atoms with Crippen molar-refractivity contribution < 1.29 is 17.6 Å². The lowest BCUT2D eigenvalue weighted by Crippen LogP contribution is -2.30. The fourth-order valence-corrected chi connectivity index (χ4v) is 0.699. The van der Waals surface area contributed by atoms with Crippen molar-refractivity contribution in [3.8, 4) is 0 Å². The molecule has 1 atom stereocenters. The summed E-state index contributed by atoms with van der Waals surface area (Å²) in [5.41, 5.74) is 0. The Bertz CT molecular complexity index is 103. The Labute approximate surface area is 63.6 Å². The second kappa shape index (κ2) is 4.57. The first kappa shape index (κ1) is 10.7. The van der Waals surface area contributed by atoms with Gasteiger partial charge in [0.05, 0.1) is 6.67 Å². The second-order valence-electron chi connectivity index (χ2n) is 2.31. The fourth-order valence-electron chi connectivity index (χ4n) is 0.699. The van der Waals surface area contributed by atoms with Crippen molar-refractivity contribution in [3.05, 3.63) is 6.92 Å². The highest BCUT2D eigenvalue weighted by molar-refractivity contribution is 4.76. The highest BCUT2D eigenvalue weighted by atomic mass is 19.3. The second-order valence-corrected chi connectivity index (χ2v) is 2.31. The van der Waals surface area contributed by atoms with Crippen LogP contribution in [-0.4, -0.2) is 18.8 Å². The van der Waals surface area contributed by atoms with E-state index in [2.05, 4.69) is 6.92 Å². The van der Waals surface area contributed by atoms with E-state index in [0.29, 0.717) is 0 Å². The van der Waals surface area contributed by atoms with Crippen molar-refractivity contribution >= 4 is 0 Å². The van der Waals surface area contributed by atoms with Crippen LogP contribution in [0.2, 0.25) is 0 Å². The van der Waals surface area contributed by atoms with Crippen LogP contribution < -0.4 is 0 Å². The van der Waals surface area contributed by atoms with Gasteiger partial charge >= 0.3 is 0 Å². The molecule has 0 aromatic carbocycles. The number of hydrogen-bond acceptors (Lipinski definition) is 0. The summed E-state index contributed by atoms with van der Waals surface area (Å²) in [6.45, 7) is 2.13. The van der Waals surface area contributed by atoms with Crippen molar-refractivity contribution in [2.24, 2.45) is 0 Å². The van der Waals surface area contributed by atoms with Gasteiger partial charge in [-0.1, -0.05) is 6.92 Å². The summed E-state index contributed by atoms with van der Waals surface area (Å²) in [5.74, 6) is -3.41. The van der Waals surface area contributed by atoms with Crippen LogP contribution in [0.25, 0.3) is 0 Å². The topological polar surface area (TPSA) is 0 Å². The van der Waals surface area contributed by atoms with Gasteiger partial charge in [0.1, 0.15) is 0 Å². The van der Waals surface area contributed by atoms with Crippen LogP contribution in [0.5, 0.6) is 0 Å². The predicted molar refractivity (Wildman–Crippen MR) is 35.0 cm³/mol. The molecule has 0 fully saturated rings. The summed E-state index contributed by atoms with van der Waals surface area (Å²) in [7, 11) is 0. The molecule has 0 rings (SSSR count). The Morgan fingerprint density at radius 3 is 2.27 bits per heavy atom. The number of hydrogen-bond donors (Lipinski definition) is 0. The molecule has 0 nitrogen and oxygen atoms in total.